The molecule has 3 aromatic rings. The molecule has 0 aliphatic heterocycles. The zero-order chi connectivity index (χ0) is 13.4. The number of hydrogen-bond acceptors (Lipinski definition) is 3. The predicted molar refractivity (Wildman–Crippen MR) is 62.6 cm³/mol. The van der Waals surface area contributed by atoms with Gasteiger partial charge < -0.3 is 0 Å². The van der Waals surface area contributed by atoms with Crippen LogP contribution in [0.1, 0.15) is 0 Å². The monoisotopic (exact) mass is 261 g/mol. The molecule has 19 heavy (non-hydrogen) atoms. The fraction of sp³-hybridized carbons (Fsp3) is 0. The fourth-order valence-electron chi connectivity index (χ4n) is 1.69. The van der Waals surface area contributed by atoms with E-state index in [9.17, 15) is 13.2 Å². The van der Waals surface area contributed by atoms with E-state index in [-0.39, 0.29) is 11.4 Å². The highest BCUT2D eigenvalue weighted by Gasteiger charge is 2.13. The molecule has 94 valence electrons. The van der Waals surface area contributed by atoms with Gasteiger partial charge >= 0.3 is 0 Å². The number of nitrogens with zero attached hydrogens (tertiary/aromatic N) is 3. The van der Waals surface area contributed by atoms with Crippen LogP contribution in [0.15, 0.2) is 36.7 Å². The van der Waals surface area contributed by atoms with E-state index in [1.54, 1.807) is 18.3 Å². The number of halogens is 3. The normalized spacial score (nSPS) is 10.9. The smallest absolute Gasteiger partial charge is 0.194 e. The molecule has 0 bridgehead atoms. The first-order chi connectivity index (χ1) is 9.15. The molecular weight excluding hydrogens is 255 g/mol. The second-order valence-electron chi connectivity index (χ2n) is 3.86. The molecule has 2 heterocycles. The topological polar surface area (TPSA) is 38.7 Å². The van der Waals surface area contributed by atoms with Crippen LogP contribution in [-0.4, -0.2) is 15.0 Å². The largest absolute Gasteiger partial charge is 0.253 e. The minimum atomic E-state index is -1.51. The maximum atomic E-state index is 13.2. The first kappa shape index (κ1) is 11.6. The lowest BCUT2D eigenvalue weighted by Crippen LogP contribution is -1.96. The van der Waals surface area contributed by atoms with E-state index < -0.39 is 17.5 Å². The summed E-state index contributed by atoms with van der Waals surface area (Å²) in [5.74, 6) is -3.95. The van der Waals surface area contributed by atoms with Crippen molar-refractivity contribution in [2.24, 2.45) is 0 Å². The third-order valence-electron chi connectivity index (χ3n) is 2.59. The Kier molecular flexibility index (Phi) is 2.63. The summed E-state index contributed by atoms with van der Waals surface area (Å²) in [6.07, 6.45) is 3.03. The van der Waals surface area contributed by atoms with Gasteiger partial charge in [0.1, 0.15) is 5.52 Å². The molecule has 0 aliphatic rings. The lowest BCUT2D eigenvalue weighted by Gasteiger charge is -2.03. The molecule has 0 unspecified atom stereocenters. The lowest BCUT2D eigenvalue weighted by atomic mass is 10.2. The highest BCUT2D eigenvalue weighted by Crippen LogP contribution is 2.21. The second kappa shape index (κ2) is 4.31. The average molecular weight is 261 g/mol. The summed E-state index contributed by atoms with van der Waals surface area (Å²) in [6.45, 7) is 0. The Hall–Kier alpha value is -2.50. The minimum Gasteiger partial charge on any atom is -0.253 e. The highest BCUT2D eigenvalue weighted by atomic mass is 19.2. The Morgan fingerprint density at radius 1 is 0.895 bits per heavy atom. The molecule has 3 rings (SSSR count). The maximum Gasteiger partial charge on any atom is 0.194 e. The van der Waals surface area contributed by atoms with Crippen LogP contribution in [0, 0.1) is 17.5 Å². The van der Waals surface area contributed by atoms with Gasteiger partial charge in [-0.2, -0.15) is 0 Å². The number of fused-ring (bicyclic) bond motifs is 1. The molecule has 1 aromatic carbocycles. The van der Waals surface area contributed by atoms with Crippen LogP contribution >= 0.6 is 0 Å². The molecule has 0 amide bonds. The second-order valence-corrected chi connectivity index (χ2v) is 3.86. The van der Waals surface area contributed by atoms with Crippen LogP contribution in [0.2, 0.25) is 0 Å². The van der Waals surface area contributed by atoms with Gasteiger partial charge in [-0.3, -0.25) is 4.98 Å². The first-order valence-electron chi connectivity index (χ1n) is 5.38. The molecule has 0 aliphatic carbocycles. The van der Waals surface area contributed by atoms with Crippen molar-refractivity contribution in [1.29, 1.82) is 0 Å². The summed E-state index contributed by atoms with van der Waals surface area (Å²) < 4.78 is 39.2. The molecule has 0 atom stereocenters. The predicted octanol–water partition coefficient (Wildman–Crippen LogP) is 3.11. The van der Waals surface area contributed by atoms with Gasteiger partial charge in [0.05, 0.1) is 11.7 Å². The van der Waals surface area contributed by atoms with Gasteiger partial charge in [0.15, 0.2) is 23.3 Å². The number of pyridine rings is 1. The Morgan fingerprint density at radius 2 is 1.63 bits per heavy atom. The molecule has 3 nitrogen and oxygen atoms in total. The van der Waals surface area contributed by atoms with Crippen molar-refractivity contribution in [3.8, 4) is 11.4 Å². The van der Waals surface area contributed by atoms with Crippen LogP contribution in [0.25, 0.3) is 22.4 Å². The van der Waals surface area contributed by atoms with Crippen LogP contribution in [-0.2, 0) is 0 Å². The van der Waals surface area contributed by atoms with Crippen molar-refractivity contribution in [2.45, 2.75) is 0 Å². The van der Waals surface area contributed by atoms with Crippen molar-refractivity contribution >= 4 is 11.0 Å². The minimum absolute atomic E-state index is 0.0714. The molecular formula is C13H6F3N3. The van der Waals surface area contributed by atoms with Gasteiger partial charge in [0.25, 0.3) is 0 Å². The van der Waals surface area contributed by atoms with E-state index in [1.807, 2.05) is 0 Å². The zero-order valence-electron chi connectivity index (χ0n) is 9.44. The summed E-state index contributed by atoms with van der Waals surface area (Å²) in [4.78, 5) is 12.1. The molecule has 0 saturated heterocycles. The third kappa shape index (κ3) is 2.01. The van der Waals surface area contributed by atoms with Crippen LogP contribution in [0.4, 0.5) is 13.2 Å². The van der Waals surface area contributed by atoms with Gasteiger partial charge in [0, 0.05) is 11.8 Å². The Morgan fingerprint density at radius 3 is 2.37 bits per heavy atom. The Bertz CT molecular complexity index is 751. The fourth-order valence-corrected chi connectivity index (χ4v) is 1.69. The summed E-state index contributed by atoms with van der Waals surface area (Å²) in [5.41, 5.74) is 1.18. The van der Waals surface area contributed by atoms with Crippen molar-refractivity contribution in [2.75, 3.05) is 0 Å². The number of rotatable bonds is 1. The average Bonchev–Trinajstić information content (AvgIpc) is 2.43. The molecule has 0 saturated carbocycles. The molecule has 2 aromatic heterocycles. The molecule has 0 spiro atoms. The van der Waals surface area contributed by atoms with E-state index >= 15 is 0 Å². The van der Waals surface area contributed by atoms with E-state index in [4.69, 9.17) is 0 Å². The van der Waals surface area contributed by atoms with E-state index in [0.717, 1.165) is 12.1 Å². The quantitative estimate of drug-likeness (QED) is 0.632. The van der Waals surface area contributed by atoms with Crippen LogP contribution in [0.3, 0.4) is 0 Å². The van der Waals surface area contributed by atoms with Crippen molar-refractivity contribution < 1.29 is 13.2 Å². The molecule has 0 fully saturated rings. The van der Waals surface area contributed by atoms with Gasteiger partial charge in [-0.15, -0.1) is 0 Å². The Labute approximate surface area is 105 Å². The van der Waals surface area contributed by atoms with Crippen molar-refractivity contribution in [3.05, 3.63) is 54.1 Å². The number of benzene rings is 1. The van der Waals surface area contributed by atoms with Gasteiger partial charge in [-0.25, -0.2) is 23.1 Å². The van der Waals surface area contributed by atoms with Crippen LogP contribution in [0.5, 0.6) is 0 Å². The van der Waals surface area contributed by atoms with E-state index in [2.05, 4.69) is 15.0 Å². The van der Waals surface area contributed by atoms with Crippen molar-refractivity contribution in [1.82, 2.24) is 15.0 Å². The lowest BCUT2D eigenvalue weighted by molar-refractivity contribution is 0.447. The first-order valence-corrected chi connectivity index (χ1v) is 5.38. The maximum absolute atomic E-state index is 13.2. The summed E-state index contributed by atoms with van der Waals surface area (Å²) >= 11 is 0. The summed E-state index contributed by atoms with van der Waals surface area (Å²) in [7, 11) is 0. The van der Waals surface area contributed by atoms with E-state index in [1.165, 1.54) is 6.20 Å². The summed E-state index contributed by atoms with van der Waals surface area (Å²) in [5, 5.41) is 0. The van der Waals surface area contributed by atoms with Gasteiger partial charge in [-0.05, 0) is 24.3 Å². The number of hydrogen-bond donors (Lipinski definition) is 0. The highest BCUT2D eigenvalue weighted by molar-refractivity contribution is 5.75. The molecule has 0 N–H and O–H groups in total. The Balaban J connectivity index is 2.19. The standard InChI is InChI=1S/C13H6F3N3/c14-8-4-7(5-9(15)12(8)16)13-18-6-11-10(19-13)2-1-3-17-11/h1-6H. The van der Waals surface area contributed by atoms with Gasteiger partial charge in [-0.1, -0.05) is 0 Å². The van der Waals surface area contributed by atoms with Crippen LogP contribution < -0.4 is 0 Å². The number of aromatic nitrogens is 3. The van der Waals surface area contributed by atoms with E-state index in [0.29, 0.717) is 11.0 Å². The third-order valence-corrected chi connectivity index (χ3v) is 2.59. The molecule has 0 radical (unpaired) electrons. The summed E-state index contributed by atoms with van der Waals surface area (Å²) in [6, 6.07) is 5.10. The van der Waals surface area contributed by atoms with Crippen molar-refractivity contribution in [3.63, 3.8) is 0 Å². The zero-order valence-corrected chi connectivity index (χ0v) is 9.44. The molecule has 6 heteroatoms. The SMILES string of the molecule is Fc1cc(-c2ncc3ncccc3n2)cc(F)c1F. The van der Waals surface area contributed by atoms with Gasteiger partial charge in [0.2, 0.25) is 0 Å².